The summed E-state index contributed by atoms with van der Waals surface area (Å²) in [5.41, 5.74) is 1.13. The molecule has 0 aliphatic heterocycles. The minimum Gasteiger partial charge on any atom is -0.398 e. The minimum absolute atomic E-state index is 0.0950. The van der Waals surface area contributed by atoms with Gasteiger partial charge in [-0.3, -0.25) is 0 Å². The van der Waals surface area contributed by atoms with Crippen LogP contribution >= 0.6 is 0 Å². The summed E-state index contributed by atoms with van der Waals surface area (Å²) in [6, 6.07) is 3.95. The molecule has 1 aromatic carbocycles. The van der Waals surface area contributed by atoms with Crippen LogP contribution in [-0.2, 0) is 19.7 Å². The van der Waals surface area contributed by atoms with E-state index in [0.717, 1.165) is 0 Å². The van der Waals surface area contributed by atoms with Gasteiger partial charge in [-0.05, 0) is 6.07 Å². The number of aliphatic hydroxyl groups is 2. The summed E-state index contributed by atoms with van der Waals surface area (Å²) in [5.74, 6) is -0.683. The van der Waals surface area contributed by atoms with E-state index in [1.807, 2.05) is 0 Å². The van der Waals surface area contributed by atoms with Crippen molar-refractivity contribution in [3.05, 3.63) is 29.3 Å². The second-order valence-electron chi connectivity index (χ2n) is 4.46. The molecule has 0 aromatic heterocycles. The van der Waals surface area contributed by atoms with Crippen molar-refractivity contribution in [3.8, 4) is 0 Å². The molecule has 2 unspecified atom stereocenters. The molecule has 0 saturated carbocycles. The summed E-state index contributed by atoms with van der Waals surface area (Å²) in [5, 5.41) is 20.0. The van der Waals surface area contributed by atoms with Crippen LogP contribution in [0.15, 0.2) is 18.2 Å². The van der Waals surface area contributed by atoms with Gasteiger partial charge in [-0.15, -0.1) is 0 Å². The van der Waals surface area contributed by atoms with Gasteiger partial charge in [-0.25, -0.2) is 16.8 Å². The van der Waals surface area contributed by atoms with Gasteiger partial charge in [0.05, 0.1) is 11.5 Å². The number of anilines is 1. The molecular weight excluding hydrogens is 318 g/mol. The van der Waals surface area contributed by atoms with E-state index in [1.165, 1.54) is 32.0 Å². The predicted molar refractivity (Wildman–Crippen MR) is 79.7 cm³/mol. The van der Waals surface area contributed by atoms with E-state index in [1.54, 1.807) is 0 Å². The third-order valence-corrected chi connectivity index (χ3v) is 6.63. The fourth-order valence-corrected chi connectivity index (χ4v) is 3.65. The number of aliphatic hydroxyl groups excluding tert-OH is 2. The van der Waals surface area contributed by atoms with Gasteiger partial charge in [0.25, 0.3) is 0 Å². The summed E-state index contributed by atoms with van der Waals surface area (Å²) >= 11 is 0. The van der Waals surface area contributed by atoms with Crippen LogP contribution in [0, 0.1) is 0 Å². The average molecular weight is 337 g/mol. The Balaban J connectivity index is 3.55. The number of hydrogen-bond acceptors (Lipinski definition) is 7. The predicted octanol–water partition coefficient (Wildman–Crippen LogP) is 0.120. The molecule has 21 heavy (non-hydrogen) atoms. The van der Waals surface area contributed by atoms with Crippen LogP contribution in [0.25, 0.3) is 0 Å². The highest BCUT2D eigenvalue weighted by Gasteiger charge is 2.33. The van der Waals surface area contributed by atoms with E-state index < -0.39 is 30.5 Å². The SMILES string of the molecule is CCS(=O)(=O)C(O)c1cccc(N)c1C(O)S(=O)(=O)CC. The van der Waals surface area contributed by atoms with Crippen molar-refractivity contribution < 1.29 is 27.0 Å². The van der Waals surface area contributed by atoms with Crippen LogP contribution in [0.4, 0.5) is 5.69 Å². The maximum atomic E-state index is 11.8. The lowest BCUT2D eigenvalue weighted by Crippen LogP contribution is -2.22. The lowest BCUT2D eigenvalue weighted by molar-refractivity contribution is 0.234. The summed E-state index contributed by atoms with van der Waals surface area (Å²) in [6.45, 7) is 2.69. The zero-order valence-corrected chi connectivity index (χ0v) is 13.4. The van der Waals surface area contributed by atoms with Gasteiger partial charge in [0, 0.05) is 16.8 Å². The summed E-state index contributed by atoms with van der Waals surface area (Å²) in [7, 11) is -7.79. The van der Waals surface area contributed by atoms with Crippen LogP contribution in [0.2, 0.25) is 0 Å². The van der Waals surface area contributed by atoms with Gasteiger partial charge in [0.2, 0.25) is 0 Å². The van der Waals surface area contributed by atoms with Gasteiger partial charge in [-0.1, -0.05) is 26.0 Å². The van der Waals surface area contributed by atoms with Crippen molar-refractivity contribution in [1.82, 2.24) is 0 Å². The maximum absolute atomic E-state index is 11.8. The molecule has 0 spiro atoms. The van der Waals surface area contributed by atoms with Crippen molar-refractivity contribution in [2.45, 2.75) is 24.7 Å². The highest BCUT2D eigenvalue weighted by Crippen LogP contribution is 2.34. The number of nitrogen functional groups attached to an aromatic ring is 1. The van der Waals surface area contributed by atoms with Gasteiger partial charge < -0.3 is 15.9 Å². The van der Waals surface area contributed by atoms with Gasteiger partial charge in [-0.2, -0.15) is 0 Å². The zero-order chi connectivity index (χ0) is 16.4. The quantitative estimate of drug-likeness (QED) is 0.627. The highest BCUT2D eigenvalue weighted by atomic mass is 32.2. The minimum atomic E-state index is -3.91. The Labute approximate surface area is 124 Å². The normalized spacial score (nSPS) is 15.6. The largest absolute Gasteiger partial charge is 0.398 e. The van der Waals surface area contributed by atoms with Gasteiger partial charge in [0.1, 0.15) is 0 Å². The van der Waals surface area contributed by atoms with Crippen LogP contribution < -0.4 is 5.73 Å². The fraction of sp³-hybridized carbons (Fsp3) is 0.500. The first-order valence-corrected chi connectivity index (χ1v) is 9.69. The molecule has 2 atom stereocenters. The van der Waals surface area contributed by atoms with Crippen molar-refractivity contribution in [2.24, 2.45) is 0 Å². The summed E-state index contributed by atoms with van der Waals surface area (Å²) in [4.78, 5) is 0. The summed E-state index contributed by atoms with van der Waals surface area (Å²) in [6.07, 6.45) is 0. The molecule has 9 heteroatoms. The molecule has 0 saturated heterocycles. The second-order valence-corrected chi connectivity index (χ2v) is 9.16. The Morgan fingerprint density at radius 2 is 1.48 bits per heavy atom. The molecule has 7 nitrogen and oxygen atoms in total. The Bertz CT molecular complexity index is 711. The van der Waals surface area contributed by atoms with Crippen LogP contribution in [0.3, 0.4) is 0 Å². The number of hydrogen-bond donors (Lipinski definition) is 3. The monoisotopic (exact) mass is 337 g/mol. The molecule has 120 valence electrons. The summed E-state index contributed by atoms with van der Waals surface area (Å²) < 4.78 is 47.2. The molecule has 0 amide bonds. The van der Waals surface area contributed by atoms with Crippen LogP contribution in [-0.4, -0.2) is 38.6 Å². The first-order chi connectivity index (χ1) is 9.58. The zero-order valence-electron chi connectivity index (χ0n) is 11.7. The Morgan fingerprint density at radius 1 is 1.00 bits per heavy atom. The molecule has 1 aromatic rings. The Hall–Kier alpha value is -1.16. The van der Waals surface area contributed by atoms with Gasteiger partial charge >= 0.3 is 0 Å². The average Bonchev–Trinajstić information content (AvgIpc) is 2.45. The Kier molecular flexibility index (Phi) is 5.37. The molecule has 0 fully saturated rings. The van der Waals surface area contributed by atoms with Crippen LogP contribution in [0.5, 0.6) is 0 Å². The van der Waals surface area contributed by atoms with Crippen molar-refractivity contribution >= 4 is 25.4 Å². The standard InChI is InChI=1S/C12H19NO6S2/c1-3-20(16,17)11(14)8-6-5-7-9(13)10(8)12(15)21(18,19)4-2/h5-7,11-12,14-15H,3-4,13H2,1-2H3. The molecule has 0 aliphatic carbocycles. The number of benzene rings is 1. The molecular formula is C12H19NO6S2. The topological polar surface area (TPSA) is 135 Å². The smallest absolute Gasteiger partial charge is 0.183 e. The third-order valence-electron chi connectivity index (χ3n) is 3.17. The van der Waals surface area contributed by atoms with Crippen molar-refractivity contribution in [3.63, 3.8) is 0 Å². The maximum Gasteiger partial charge on any atom is 0.183 e. The molecule has 0 bridgehead atoms. The molecule has 0 aliphatic rings. The molecule has 0 heterocycles. The Morgan fingerprint density at radius 3 is 1.95 bits per heavy atom. The van der Waals surface area contributed by atoms with E-state index in [0.29, 0.717) is 0 Å². The third kappa shape index (κ3) is 3.54. The van der Waals surface area contributed by atoms with Crippen molar-refractivity contribution in [1.29, 1.82) is 0 Å². The molecule has 1 rings (SSSR count). The van der Waals surface area contributed by atoms with E-state index in [-0.39, 0.29) is 28.3 Å². The van der Waals surface area contributed by atoms with E-state index in [9.17, 15) is 27.0 Å². The van der Waals surface area contributed by atoms with E-state index in [4.69, 9.17) is 5.73 Å². The first kappa shape index (κ1) is 17.9. The van der Waals surface area contributed by atoms with E-state index in [2.05, 4.69) is 0 Å². The number of rotatable bonds is 6. The number of sulfone groups is 2. The lowest BCUT2D eigenvalue weighted by Gasteiger charge is -2.20. The lowest BCUT2D eigenvalue weighted by atomic mass is 10.1. The first-order valence-electron chi connectivity index (χ1n) is 6.26. The fourth-order valence-electron chi connectivity index (χ4n) is 1.79. The second kappa shape index (κ2) is 6.30. The van der Waals surface area contributed by atoms with E-state index >= 15 is 0 Å². The van der Waals surface area contributed by atoms with Crippen LogP contribution in [0.1, 0.15) is 35.8 Å². The molecule has 4 N–H and O–H groups in total. The van der Waals surface area contributed by atoms with Gasteiger partial charge in [0.15, 0.2) is 30.5 Å². The van der Waals surface area contributed by atoms with Crippen molar-refractivity contribution in [2.75, 3.05) is 17.2 Å². The molecule has 0 radical (unpaired) electrons. The highest BCUT2D eigenvalue weighted by molar-refractivity contribution is 7.91. The number of nitrogens with two attached hydrogens (primary N) is 1.